The van der Waals surface area contributed by atoms with Gasteiger partial charge in [0.2, 0.25) is 11.3 Å². The van der Waals surface area contributed by atoms with E-state index in [4.69, 9.17) is 4.74 Å². The maximum absolute atomic E-state index is 13.5. The lowest BCUT2D eigenvalue weighted by atomic mass is 10.2. The van der Waals surface area contributed by atoms with Crippen LogP contribution in [0.4, 0.5) is 4.39 Å². The van der Waals surface area contributed by atoms with Crippen LogP contribution in [0.2, 0.25) is 0 Å². The highest BCUT2D eigenvalue weighted by molar-refractivity contribution is 5.97. The van der Waals surface area contributed by atoms with Crippen LogP contribution in [0.5, 0.6) is 0 Å². The standard InChI is InChI=1S/C17H19FN4O4/c1-2-22-13-4-3-11(18)9-12(13)16(24)15(20-22)17(25)19-10-14(23)21-5-7-26-8-6-21/h3-4,9H,2,5-8,10H2,1H3,(H,19,25). The monoisotopic (exact) mass is 362 g/mol. The number of hydrogen-bond acceptors (Lipinski definition) is 5. The number of ether oxygens (including phenoxy) is 1. The highest BCUT2D eigenvalue weighted by Gasteiger charge is 2.21. The highest BCUT2D eigenvalue weighted by atomic mass is 19.1. The van der Waals surface area contributed by atoms with E-state index in [1.165, 1.54) is 16.8 Å². The minimum absolute atomic E-state index is 0.0755. The van der Waals surface area contributed by atoms with Gasteiger partial charge in [0.05, 0.1) is 30.7 Å². The molecule has 0 spiro atoms. The van der Waals surface area contributed by atoms with Crippen molar-refractivity contribution in [1.29, 1.82) is 0 Å². The Morgan fingerprint density at radius 2 is 2.04 bits per heavy atom. The van der Waals surface area contributed by atoms with Crippen molar-refractivity contribution in [3.63, 3.8) is 0 Å². The van der Waals surface area contributed by atoms with Crippen molar-refractivity contribution in [2.75, 3.05) is 32.8 Å². The third kappa shape index (κ3) is 3.57. The van der Waals surface area contributed by atoms with Gasteiger partial charge in [-0.1, -0.05) is 0 Å². The molecule has 1 aromatic heterocycles. The van der Waals surface area contributed by atoms with Gasteiger partial charge < -0.3 is 15.0 Å². The quantitative estimate of drug-likeness (QED) is 0.835. The molecule has 2 heterocycles. The number of fused-ring (bicyclic) bond motifs is 1. The van der Waals surface area contributed by atoms with E-state index in [-0.39, 0.29) is 23.5 Å². The van der Waals surface area contributed by atoms with Crippen molar-refractivity contribution < 1.29 is 18.7 Å². The van der Waals surface area contributed by atoms with Gasteiger partial charge in [0.1, 0.15) is 5.82 Å². The van der Waals surface area contributed by atoms with E-state index in [2.05, 4.69) is 10.4 Å². The molecule has 1 aliphatic heterocycles. The summed E-state index contributed by atoms with van der Waals surface area (Å²) in [6, 6.07) is 3.77. The van der Waals surface area contributed by atoms with Crippen LogP contribution in [0.25, 0.3) is 10.9 Å². The zero-order valence-corrected chi connectivity index (χ0v) is 14.3. The number of carbonyl (C=O) groups excluding carboxylic acids is 2. The molecule has 26 heavy (non-hydrogen) atoms. The van der Waals surface area contributed by atoms with Crippen LogP contribution in [0.3, 0.4) is 0 Å². The van der Waals surface area contributed by atoms with E-state index in [1.807, 2.05) is 0 Å². The Hall–Kier alpha value is -2.81. The van der Waals surface area contributed by atoms with Gasteiger partial charge in [-0.25, -0.2) is 4.39 Å². The van der Waals surface area contributed by atoms with Gasteiger partial charge in [-0.3, -0.25) is 19.1 Å². The molecule has 9 heteroatoms. The second-order valence-corrected chi connectivity index (χ2v) is 5.83. The molecule has 1 aromatic carbocycles. The number of nitrogens with zero attached hydrogens (tertiary/aromatic N) is 3. The number of carbonyl (C=O) groups is 2. The van der Waals surface area contributed by atoms with Crippen LogP contribution in [0.15, 0.2) is 23.0 Å². The molecule has 2 amide bonds. The topological polar surface area (TPSA) is 93.5 Å². The second kappa shape index (κ2) is 7.61. The third-order valence-electron chi connectivity index (χ3n) is 4.20. The van der Waals surface area contributed by atoms with E-state index in [0.29, 0.717) is 38.4 Å². The number of hydrogen-bond donors (Lipinski definition) is 1. The van der Waals surface area contributed by atoms with E-state index < -0.39 is 17.2 Å². The van der Waals surface area contributed by atoms with Crippen molar-refractivity contribution in [2.24, 2.45) is 0 Å². The molecule has 0 atom stereocenters. The zero-order valence-electron chi connectivity index (χ0n) is 14.3. The maximum atomic E-state index is 13.5. The molecule has 8 nitrogen and oxygen atoms in total. The fourth-order valence-electron chi connectivity index (χ4n) is 2.82. The molecule has 138 valence electrons. The predicted octanol–water partition coefficient (Wildman–Crippen LogP) is 0.144. The normalized spacial score (nSPS) is 14.5. The Kier molecular flexibility index (Phi) is 5.27. The summed E-state index contributed by atoms with van der Waals surface area (Å²) in [6.07, 6.45) is 0. The second-order valence-electron chi connectivity index (χ2n) is 5.83. The predicted molar refractivity (Wildman–Crippen MR) is 91.4 cm³/mol. The summed E-state index contributed by atoms with van der Waals surface area (Å²) < 4.78 is 20.1. The summed E-state index contributed by atoms with van der Waals surface area (Å²) in [5.41, 5.74) is -0.583. The Bertz CT molecular complexity index is 906. The average Bonchev–Trinajstić information content (AvgIpc) is 2.67. The SMILES string of the molecule is CCn1nc(C(=O)NCC(=O)N2CCOCC2)c(=O)c2cc(F)ccc21. The van der Waals surface area contributed by atoms with Crippen molar-refractivity contribution in [1.82, 2.24) is 20.0 Å². The smallest absolute Gasteiger partial charge is 0.276 e. The Balaban J connectivity index is 1.82. The van der Waals surface area contributed by atoms with Gasteiger partial charge in [0, 0.05) is 19.6 Å². The van der Waals surface area contributed by atoms with Crippen molar-refractivity contribution in [2.45, 2.75) is 13.5 Å². The number of halogens is 1. The number of aromatic nitrogens is 2. The summed E-state index contributed by atoms with van der Waals surface area (Å²) in [5, 5.41) is 6.57. The van der Waals surface area contributed by atoms with Crippen LogP contribution in [0.1, 0.15) is 17.4 Å². The molecule has 3 rings (SSSR count). The number of benzene rings is 1. The summed E-state index contributed by atoms with van der Waals surface area (Å²) in [5.74, 6) is -1.59. The molecular weight excluding hydrogens is 343 g/mol. The molecule has 0 saturated carbocycles. The van der Waals surface area contributed by atoms with Crippen LogP contribution >= 0.6 is 0 Å². The average molecular weight is 362 g/mol. The molecule has 0 bridgehead atoms. The molecule has 0 radical (unpaired) electrons. The first-order chi connectivity index (χ1) is 12.5. The number of nitrogens with one attached hydrogen (secondary N) is 1. The molecule has 0 unspecified atom stereocenters. The molecule has 1 saturated heterocycles. The van der Waals surface area contributed by atoms with Gasteiger partial charge in [-0.2, -0.15) is 5.10 Å². The first kappa shape index (κ1) is 18.0. The van der Waals surface area contributed by atoms with Crippen molar-refractivity contribution >= 4 is 22.7 Å². The summed E-state index contributed by atoms with van der Waals surface area (Å²) in [4.78, 5) is 38.6. The van der Waals surface area contributed by atoms with E-state index in [1.54, 1.807) is 11.8 Å². The van der Waals surface area contributed by atoms with Crippen molar-refractivity contribution in [3.8, 4) is 0 Å². The molecule has 0 aliphatic carbocycles. The van der Waals surface area contributed by atoms with E-state index in [9.17, 15) is 18.8 Å². The van der Waals surface area contributed by atoms with E-state index >= 15 is 0 Å². The first-order valence-corrected chi connectivity index (χ1v) is 8.35. The number of rotatable bonds is 4. The highest BCUT2D eigenvalue weighted by Crippen LogP contribution is 2.12. The van der Waals surface area contributed by atoms with Crippen LogP contribution in [0, 0.1) is 5.82 Å². The molecule has 1 fully saturated rings. The fourth-order valence-corrected chi connectivity index (χ4v) is 2.82. The van der Waals surface area contributed by atoms with Gasteiger partial charge in [0.25, 0.3) is 5.91 Å². The Labute approximate surface area is 148 Å². The lowest BCUT2D eigenvalue weighted by molar-refractivity contribution is -0.134. The summed E-state index contributed by atoms with van der Waals surface area (Å²) in [6.45, 7) is 3.79. The molecule has 1 N–H and O–H groups in total. The maximum Gasteiger partial charge on any atom is 0.276 e. The third-order valence-corrected chi connectivity index (χ3v) is 4.20. The zero-order chi connectivity index (χ0) is 18.7. The lowest BCUT2D eigenvalue weighted by Crippen LogP contribution is -2.46. The minimum Gasteiger partial charge on any atom is -0.378 e. The summed E-state index contributed by atoms with van der Waals surface area (Å²) in [7, 11) is 0. The fraction of sp³-hybridized carbons (Fsp3) is 0.412. The molecule has 2 aromatic rings. The number of aryl methyl sites for hydroxylation is 1. The van der Waals surface area contributed by atoms with Gasteiger partial charge in [-0.15, -0.1) is 0 Å². The minimum atomic E-state index is -0.759. The van der Waals surface area contributed by atoms with Gasteiger partial charge in [0.15, 0.2) is 5.69 Å². The Morgan fingerprint density at radius 1 is 1.31 bits per heavy atom. The van der Waals surface area contributed by atoms with Gasteiger partial charge >= 0.3 is 0 Å². The first-order valence-electron chi connectivity index (χ1n) is 8.35. The summed E-state index contributed by atoms with van der Waals surface area (Å²) >= 11 is 0. The number of amides is 2. The molecule has 1 aliphatic rings. The largest absolute Gasteiger partial charge is 0.378 e. The van der Waals surface area contributed by atoms with Gasteiger partial charge in [-0.05, 0) is 25.1 Å². The van der Waals surface area contributed by atoms with E-state index in [0.717, 1.165) is 6.07 Å². The lowest BCUT2D eigenvalue weighted by Gasteiger charge is -2.26. The van der Waals surface area contributed by atoms with Crippen LogP contribution in [-0.2, 0) is 16.1 Å². The van der Waals surface area contributed by atoms with Crippen LogP contribution in [-0.4, -0.2) is 59.3 Å². The Morgan fingerprint density at radius 3 is 2.73 bits per heavy atom. The number of morpholine rings is 1. The van der Waals surface area contributed by atoms with Crippen molar-refractivity contribution in [3.05, 3.63) is 39.9 Å². The molecular formula is C17H19FN4O4. The van der Waals surface area contributed by atoms with Crippen LogP contribution < -0.4 is 10.7 Å².